The number of hydrogen-bond donors (Lipinski definition) is 0. The van der Waals surface area contributed by atoms with E-state index in [1.165, 1.54) is 32.3 Å². The smallest absolute Gasteiger partial charge is 0.439 e. The molecule has 0 aliphatic rings. The third-order valence-corrected chi connectivity index (χ3v) is 11.4. The van der Waals surface area contributed by atoms with Crippen molar-refractivity contribution in [2.45, 2.75) is 52.4 Å². The summed E-state index contributed by atoms with van der Waals surface area (Å²) in [7, 11) is 0. The first kappa shape index (κ1) is 49.3. The van der Waals surface area contributed by atoms with E-state index in [4.69, 9.17) is 0 Å². The summed E-state index contributed by atoms with van der Waals surface area (Å²) in [6.07, 6.45) is 3.69. The molecular formula is C60H50N6Pt2. The summed E-state index contributed by atoms with van der Waals surface area (Å²) < 4.78 is 0. The van der Waals surface area contributed by atoms with Crippen LogP contribution in [0.5, 0.6) is 0 Å². The molecule has 6 heterocycles. The monoisotopic (exact) mass is 1240 g/mol. The van der Waals surface area contributed by atoms with Gasteiger partial charge in [0, 0.05) is 12.4 Å². The van der Waals surface area contributed by atoms with Gasteiger partial charge in [0.2, 0.25) is 0 Å². The van der Waals surface area contributed by atoms with Crippen LogP contribution in [0.15, 0.2) is 194 Å². The Morgan fingerprint density at radius 2 is 0.735 bits per heavy atom. The van der Waals surface area contributed by atoms with Gasteiger partial charge < -0.3 is 29.9 Å². The van der Waals surface area contributed by atoms with Crippen molar-refractivity contribution in [3.05, 3.63) is 218 Å². The van der Waals surface area contributed by atoms with Crippen molar-refractivity contribution in [3.63, 3.8) is 0 Å². The molecule has 0 aliphatic carbocycles. The van der Waals surface area contributed by atoms with E-state index in [2.05, 4.69) is 144 Å². The van der Waals surface area contributed by atoms with Crippen LogP contribution < -0.4 is 9.97 Å². The minimum absolute atomic E-state index is 0. The number of benzene rings is 6. The van der Waals surface area contributed by atoms with E-state index in [9.17, 15) is 0 Å². The molecular weight excluding hydrogens is 1190 g/mol. The average molecular weight is 1250 g/mol. The summed E-state index contributed by atoms with van der Waals surface area (Å²) in [6.45, 7) is 13.0. The Hall–Kier alpha value is -6.58. The van der Waals surface area contributed by atoms with Crippen molar-refractivity contribution >= 4 is 65.4 Å². The van der Waals surface area contributed by atoms with Gasteiger partial charge in [-0.2, -0.15) is 0 Å². The number of nitrogens with zero attached hydrogens (tertiary/aromatic N) is 6. The van der Waals surface area contributed by atoms with Crippen LogP contribution in [0, 0.1) is 12.1 Å². The van der Waals surface area contributed by atoms with Crippen molar-refractivity contribution in [1.29, 1.82) is 0 Å². The Morgan fingerprint density at radius 3 is 1.12 bits per heavy atom. The summed E-state index contributed by atoms with van der Waals surface area (Å²) in [5.41, 5.74) is 10.2. The number of pyridine rings is 4. The number of aromatic nitrogens is 6. The van der Waals surface area contributed by atoms with Crippen molar-refractivity contribution in [3.8, 4) is 22.5 Å². The topological polar surface area (TPSA) is 79.8 Å². The fourth-order valence-electron chi connectivity index (χ4n) is 7.90. The first-order valence-electron chi connectivity index (χ1n) is 22.3. The maximum absolute atomic E-state index is 4.67. The van der Waals surface area contributed by atoms with E-state index in [-0.39, 0.29) is 53.0 Å². The van der Waals surface area contributed by atoms with Crippen molar-refractivity contribution < 1.29 is 42.1 Å². The molecule has 8 heteroatoms. The molecule has 0 fully saturated rings. The van der Waals surface area contributed by atoms with Crippen LogP contribution in [0.1, 0.15) is 52.9 Å². The Balaban J connectivity index is 0.000000133. The van der Waals surface area contributed by atoms with Crippen molar-refractivity contribution in [1.82, 2.24) is 29.9 Å². The van der Waals surface area contributed by atoms with Gasteiger partial charge in [-0.1, -0.05) is 186 Å². The van der Waals surface area contributed by atoms with E-state index in [0.29, 0.717) is 0 Å². The van der Waals surface area contributed by atoms with Crippen molar-refractivity contribution in [2.75, 3.05) is 0 Å². The maximum atomic E-state index is 4.67. The van der Waals surface area contributed by atoms with Crippen LogP contribution in [-0.4, -0.2) is 19.9 Å². The van der Waals surface area contributed by atoms with Gasteiger partial charge in [0.15, 0.2) is 0 Å². The van der Waals surface area contributed by atoms with E-state index < -0.39 is 0 Å². The summed E-state index contributed by atoms with van der Waals surface area (Å²) in [5.74, 6) is 0. The van der Waals surface area contributed by atoms with Crippen LogP contribution >= 0.6 is 0 Å². The molecule has 12 aromatic rings. The second kappa shape index (κ2) is 21.6. The van der Waals surface area contributed by atoms with E-state index in [0.717, 1.165) is 67.0 Å². The molecule has 6 aromatic carbocycles. The fourth-order valence-corrected chi connectivity index (χ4v) is 7.90. The Labute approximate surface area is 427 Å². The Bertz CT molecular complexity index is 3320. The first-order chi connectivity index (χ1) is 32.0. The molecule has 0 unspecified atom stereocenters. The average Bonchev–Trinajstić information content (AvgIpc) is 3.92. The predicted molar refractivity (Wildman–Crippen MR) is 275 cm³/mol. The zero-order valence-corrected chi connectivity index (χ0v) is 43.3. The van der Waals surface area contributed by atoms with Crippen LogP contribution in [0.2, 0.25) is 0 Å². The largest absolute Gasteiger partial charge is 2.00 e. The van der Waals surface area contributed by atoms with Crippen LogP contribution in [-0.2, 0) is 53.0 Å². The third-order valence-electron chi connectivity index (χ3n) is 11.4. The van der Waals surface area contributed by atoms with Gasteiger partial charge in [-0.15, -0.1) is 71.8 Å². The van der Waals surface area contributed by atoms with Gasteiger partial charge in [0.05, 0.1) is 0 Å². The van der Waals surface area contributed by atoms with E-state index >= 15 is 0 Å². The standard InChI is InChI=1S/2C15H15N2.2C15H10N.2Pt/c2*1-15(2,3)13-9-8-11-10-6-4-5-7-12(10)16-14(11)17-13;2*1-2-7-13(8-3-1)15-14-9-5-4-6-12(14)10-11-16-15;;/h2*4-9H,1-3H3;2*1-7,9-11H;;/q4*-1;2*+2. The number of para-hydroxylation sites is 2. The summed E-state index contributed by atoms with van der Waals surface area (Å²) in [6, 6.07) is 67.8. The van der Waals surface area contributed by atoms with Gasteiger partial charge in [-0.05, 0) is 88.5 Å². The minimum Gasteiger partial charge on any atom is -0.439 e. The summed E-state index contributed by atoms with van der Waals surface area (Å²) >= 11 is 0. The number of fused-ring (bicyclic) bond motifs is 8. The molecule has 0 spiro atoms. The number of hydrogen-bond acceptors (Lipinski definition) is 4. The molecule has 0 amide bonds. The molecule has 0 bridgehead atoms. The van der Waals surface area contributed by atoms with Crippen LogP contribution in [0.25, 0.3) is 87.9 Å². The van der Waals surface area contributed by atoms with Gasteiger partial charge in [0.1, 0.15) is 0 Å². The quantitative estimate of drug-likeness (QED) is 0.160. The first-order valence-corrected chi connectivity index (χ1v) is 22.3. The summed E-state index contributed by atoms with van der Waals surface area (Å²) in [4.78, 5) is 27.4. The molecule has 6 nitrogen and oxygen atoms in total. The molecule has 6 aromatic heterocycles. The zero-order chi connectivity index (χ0) is 45.7. The molecule has 340 valence electrons. The molecule has 0 atom stereocenters. The maximum Gasteiger partial charge on any atom is 2.00 e. The normalized spacial score (nSPS) is 11.1. The van der Waals surface area contributed by atoms with E-state index in [1.54, 1.807) is 0 Å². The van der Waals surface area contributed by atoms with Gasteiger partial charge in [-0.25, -0.2) is 0 Å². The molecule has 0 saturated heterocycles. The Kier molecular flexibility index (Phi) is 15.7. The second-order valence-corrected chi connectivity index (χ2v) is 18.2. The predicted octanol–water partition coefficient (Wildman–Crippen LogP) is 14.7. The molecule has 0 saturated carbocycles. The third kappa shape index (κ3) is 11.1. The summed E-state index contributed by atoms with van der Waals surface area (Å²) in [5, 5.41) is 9.45. The molecule has 0 radical (unpaired) electrons. The van der Waals surface area contributed by atoms with E-state index in [1.807, 2.05) is 134 Å². The number of rotatable bonds is 2. The molecule has 68 heavy (non-hydrogen) atoms. The molecule has 0 N–H and O–H groups in total. The zero-order valence-electron chi connectivity index (χ0n) is 38.8. The minimum atomic E-state index is 0. The van der Waals surface area contributed by atoms with Crippen LogP contribution in [0.3, 0.4) is 0 Å². The van der Waals surface area contributed by atoms with Gasteiger partial charge >= 0.3 is 42.1 Å². The molecule has 12 rings (SSSR count). The van der Waals surface area contributed by atoms with Crippen LogP contribution in [0.4, 0.5) is 0 Å². The Morgan fingerprint density at radius 1 is 0.368 bits per heavy atom. The van der Waals surface area contributed by atoms with Crippen molar-refractivity contribution in [2.24, 2.45) is 0 Å². The SMILES string of the molecule is CC(C)(C)c1ccc2c(n1)[n-]c1ccccc12.CC(C)(C)c1ccc2c(n1)[n-]c1ccccc12.[Pt+2].[Pt+2].[c-]1ccccc1-c1nccc2ccccc12.[c-]1ccccc1-c1nccc2ccccc12. The fraction of sp³-hybridized carbons (Fsp3) is 0.133. The molecule has 0 aliphatic heterocycles. The second-order valence-electron chi connectivity index (χ2n) is 18.2. The van der Waals surface area contributed by atoms with Gasteiger partial charge in [0.25, 0.3) is 0 Å². The van der Waals surface area contributed by atoms with Gasteiger partial charge in [-0.3, -0.25) is 0 Å².